The summed E-state index contributed by atoms with van der Waals surface area (Å²) in [4.78, 5) is 17.3. The number of carbonyl (C=O) groups excluding carboxylic acids is 1. The Balaban J connectivity index is 1.71. The van der Waals surface area contributed by atoms with Crippen molar-refractivity contribution in [3.8, 4) is 11.5 Å². The van der Waals surface area contributed by atoms with Gasteiger partial charge in [-0.05, 0) is 52.5 Å². The Morgan fingerprint density at radius 1 is 1.17 bits per heavy atom. The van der Waals surface area contributed by atoms with Gasteiger partial charge >= 0.3 is 0 Å². The zero-order chi connectivity index (χ0) is 20.4. The number of anilines is 1. The number of halogens is 1. The zero-order valence-electron chi connectivity index (χ0n) is 16.3. The Hall–Kier alpha value is -2.80. The Morgan fingerprint density at radius 3 is 2.59 bits per heavy atom. The Morgan fingerprint density at radius 2 is 1.93 bits per heavy atom. The van der Waals surface area contributed by atoms with E-state index in [-0.39, 0.29) is 11.9 Å². The van der Waals surface area contributed by atoms with E-state index in [1.54, 1.807) is 20.4 Å². The van der Waals surface area contributed by atoms with E-state index in [9.17, 15) is 4.79 Å². The number of nitrogens with one attached hydrogen (secondary N) is 2. The van der Waals surface area contributed by atoms with Crippen molar-refractivity contribution in [3.05, 3.63) is 58.2 Å². The van der Waals surface area contributed by atoms with Crippen LogP contribution in [0.25, 0.3) is 10.9 Å². The van der Waals surface area contributed by atoms with E-state index in [4.69, 9.17) is 9.47 Å². The highest BCUT2D eigenvalue weighted by atomic mass is 79.9. The zero-order valence-corrected chi connectivity index (χ0v) is 17.9. The fraction of sp³-hybridized carbons (Fsp3) is 0.273. The summed E-state index contributed by atoms with van der Waals surface area (Å²) in [6.07, 6.45) is 3.69. The number of amides is 1. The second-order valence-electron chi connectivity index (χ2n) is 7.00. The number of aromatic nitrogens is 1. The number of pyridine rings is 1. The van der Waals surface area contributed by atoms with Crippen molar-refractivity contribution < 1.29 is 14.3 Å². The topological polar surface area (TPSA) is 72.5 Å². The van der Waals surface area contributed by atoms with Gasteiger partial charge in [-0.3, -0.25) is 9.78 Å². The molecule has 0 radical (unpaired) electrons. The molecule has 1 aromatic heterocycles. The van der Waals surface area contributed by atoms with Crippen LogP contribution in [0.5, 0.6) is 11.5 Å². The van der Waals surface area contributed by atoms with Crippen LogP contribution in [0.3, 0.4) is 0 Å². The molecule has 0 saturated heterocycles. The smallest absolute Gasteiger partial charge is 0.255 e. The molecule has 1 heterocycles. The molecule has 3 aromatic rings. The lowest BCUT2D eigenvalue weighted by atomic mass is 10.1. The average Bonchev–Trinajstić information content (AvgIpc) is 3.55. The number of benzene rings is 2. The highest BCUT2D eigenvalue weighted by Gasteiger charge is 2.26. The Labute approximate surface area is 177 Å². The third kappa shape index (κ3) is 4.29. The van der Waals surface area contributed by atoms with Crippen LogP contribution in [0.4, 0.5) is 5.69 Å². The summed E-state index contributed by atoms with van der Waals surface area (Å²) in [6, 6.07) is 11.9. The van der Waals surface area contributed by atoms with E-state index in [1.807, 2.05) is 36.4 Å². The summed E-state index contributed by atoms with van der Waals surface area (Å²) < 4.78 is 11.4. The summed E-state index contributed by atoms with van der Waals surface area (Å²) >= 11 is 3.54. The minimum absolute atomic E-state index is 0.105. The molecule has 0 atom stereocenters. The highest BCUT2D eigenvalue weighted by molar-refractivity contribution is 9.10. The highest BCUT2D eigenvalue weighted by Crippen LogP contribution is 2.35. The molecular weight excluding hydrogens is 434 g/mol. The fourth-order valence-electron chi connectivity index (χ4n) is 3.14. The molecule has 0 unspecified atom stereocenters. The molecule has 0 spiro atoms. The minimum atomic E-state index is -0.105. The number of hydrogen-bond donors (Lipinski definition) is 2. The SMILES string of the molecule is COc1ccc(CNc2c(C(=O)NC3CC3)cnc3cc(OC)c(Br)cc23)cc1. The molecule has 29 heavy (non-hydrogen) atoms. The second kappa shape index (κ2) is 8.29. The van der Waals surface area contributed by atoms with Crippen LogP contribution < -0.4 is 20.1 Å². The first-order chi connectivity index (χ1) is 14.1. The number of hydrogen-bond acceptors (Lipinski definition) is 5. The molecule has 1 fully saturated rings. The lowest BCUT2D eigenvalue weighted by molar-refractivity contribution is 0.0951. The van der Waals surface area contributed by atoms with Crippen LogP contribution in [0.1, 0.15) is 28.8 Å². The van der Waals surface area contributed by atoms with Crippen LogP contribution >= 0.6 is 15.9 Å². The second-order valence-corrected chi connectivity index (χ2v) is 7.85. The van der Waals surface area contributed by atoms with Gasteiger partial charge in [-0.15, -0.1) is 0 Å². The van der Waals surface area contributed by atoms with Gasteiger partial charge in [0.15, 0.2) is 0 Å². The third-order valence-electron chi connectivity index (χ3n) is 4.93. The van der Waals surface area contributed by atoms with Gasteiger partial charge in [0, 0.05) is 30.2 Å². The molecule has 1 aliphatic carbocycles. The summed E-state index contributed by atoms with van der Waals surface area (Å²) in [5.74, 6) is 1.40. The van der Waals surface area contributed by atoms with E-state index >= 15 is 0 Å². The standard InChI is InChI=1S/C22H22BrN3O3/c1-28-15-7-3-13(4-8-15)11-25-21-16-9-18(23)20(29-2)10-19(16)24-12-17(21)22(27)26-14-5-6-14/h3-4,7-10,12,14H,5-6,11H2,1-2H3,(H,24,25)(H,26,27). The number of carbonyl (C=O) groups is 1. The molecular formula is C22H22BrN3O3. The van der Waals surface area contributed by atoms with Gasteiger partial charge in [0.1, 0.15) is 11.5 Å². The van der Waals surface area contributed by atoms with E-state index in [0.29, 0.717) is 17.9 Å². The monoisotopic (exact) mass is 455 g/mol. The predicted octanol–water partition coefficient (Wildman–Crippen LogP) is 4.52. The van der Waals surface area contributed by atoms with Gasteiger partial charge < -0.3 is 20.1 Å². The molecule has 0 aliphatic heterocycles. The van der Waals surface area contributed by atoms with Crippen LogP contribution in [0.15, 0.2) is 47.1 Å². The number of methoxy groups -OCH3 is 2. The molecule has 1 saturated carbocycles. The molecule has 1 aliphatic rings. The summed E-state index contributed by atoms with van der Waals surface area (Å²) in [6.45, 7) is 0.566. The molecule has 2 aromatic carbocycles. The maximum absolute atomic E-state index is 12.8. The first kappa shape index (κ1) is 19.5. The molecule has 7 heteroatoms. The van der Waals surface area contributed by atoms with Crippen molar-refractivity contribution in [1.29, 1.82) is 0 Å². The summed E-state index contributed by atoms with van der Waals surface area (Å²) in [5, 5.41) is 7.36. The van der Waals surface area contributed by atoms with Crippen molar-refractivity contribution in [1.82, 2.24) is 10.3 Å². The fourth-order valence-corrected chi connectivity index (χ4v) is 3.64. The predicted molar refractivity (Wildman–Crippen MR) is 117 cm³/mol. The largest absolute Gasteiger partial charge is 0.497 e. The maximum Gasteiger partial charge on any atom is 0.255 e. The molecule has 0 bridgehead atoms. The van der Waals surface area contributed by atoms with Crippen molar-refractivity contribution in [3.63, 3.8) is 0 Å². The van der Waals surface area contributed by atoms with Crippen molar-refractivity contribution in [2.75, 3.05) is 19.5 Å². The van der Waals surface area contributed by atoms with Gasteiger partial charge in [-0.25, -0.2) is 0 Å². The van der Waals surface area contributed by atoms with Gasteiger partial charge in [-0.2, -0.15) is 0 Å². The Kier molecular flexibility index (Phi) is 5.58. The number of nitrogens with zero attached hydrogens (tertiary/aromatic N) is 1. The Bertz CT molecular complexity index is 1050. The van der Waals surface area contributed by atoms with Gasteiger partial charge in [0.05, 0.1) is 35.5 Å². The van der Waals surface area contributed by atoms with Gasteiger partial charge in [0.25, 0.3) is 5.91 Å². The van der Waals surface area contributed by atoms with Crippen LogP contribution in [-0.4, -0.2) is 31.2 Å². The molecule has 6 nitrogen and oxygen atoms in total. The molecule has 150 valence electrons. The molecule has 2 N–H and O–H groups in total. The lowest BCUT2D eigenvalue weighted by Gasteiger charge is -2.16. The number of fused-ring (bicyclic) bond motifs is 1. The van der Waals surface area contributed by atoms with E-state index in [2.05, 4.69) is 31.5 Å². The lowest BCUT2D eigenvalue weighted by Crippen LogP contribution is -2.26. The average molecular weight is 456 g/mol. The van der Waals surface area contributed by atoms with Gasteiger partial charge in [0.2, 0.25) is 0 Å². The minimum Gasteiger partial charge on any atom is -0.497 e. The van der Waals surface area contributed by atoms with Gasteiger partial charge in [-0.1, -0.05) is 12.1 Å². The molecule has 1 amide bonds. The summed E-state index contributed by atoms with van der Waals surface area (Å²) in [5.41, 5.74) is 3.13. The van der Waals surface area contributed by atoms with Crippen LogP contribution in [-0.2, 0) is 6.54 Å². The van der Waals surface area contributed by atoms with E-state index in [1.165, 1.54) is 0 Å². The maximum atomic E-state index is 12.8. The molecule has 4 rings (SSSR count). The number of rotatable bonds is 7. The first-order valence-electron chi connectivity index (χ1n) is 9.43. The van der Waals surface area contributed by atoms with Crippen molar-refractivity contribution in [2.45, 2.75) is 25.4 Å². The normalized spacial score (nSPS) is 13.2. The third-order valence-corrected chi connectivity index (χ3v) is 5.55. The van der Waals surface area contributed by atoms with Crippen LogP contribution in [0, 0.1) is 0 Å². The van der Waals surface area contributed by atoms with Crippen molar-refractivity contribution in [2.24, 2.45) is 0 Å². The van der Waals surface area contributed by atoms with E-state index < -0.39 is 0 Å². The van der Waals surface area contributed by atoms with E-state index in [0.717, 1.165) is 45.2 Å². The number of ether oxygens (including phenoxy) is 2. The van der Waals surface area contributed by atoms with Crippen LogP contribution in [0.2, 0.25) is 0 Å². The quantitative estimate of drug-likeness (QED) is 0.547. The summed E-state index contributed by atoms with van der Waals surface area (Å²) in [7, 11) is 3.26. The first-order valence-corrected chi connectivity index (χ1v) is 10.2. The van der Waals surface area contributed by atoms with Crippen molar-refractivity contribution >= 4 is 38.4 Å².